The highest BCUT2D eigenvalue weighted by Crippen LogP contribution is 2.25. The van der Waals surface area contributed by atoms with Gasteiger partial charge in [0.1, 0.15) is 11.4 Å². The molecular weight excluding hydrogens is 270 g/mol. The first kappa shape index (κ1) is 15.1. The zero-order valence-corrected chi connectivity index (χ0v) is 12.4. The Labute approximate surface area is 123 Å². The van der Waals surface area contributed by atoms with Gasteiger partial charge in [0.05, 0.1) is 11.2 Å². The fraction of sp³-hybridized carbons (Fsp3) is 0.333. The van der Waals surface area contributed by atoms with Crippen molar-refractivity contribution in [3.05, 3.63) is 57.5 Å². The molecule has 0 radical (unpaired) electrons. The van der Waals surface area contributed by atoms with Crippen molar-refractivity contribution in [3.63, 3.8) is 0 Å². The van der Waals surface area contributed by atoms with E-state index in [1.807, 2.05) is 26.1 Å². The van der Waals surface area contributed by atoms with Crippen LogP contribution in [0.2, 0.25) is 0 Å². The van der Waals surface area contributed by atoms with Gasteiger partial charge in [-0.3, -0.25) is 15.0 Å². The van der Waals surface area contributed by atoms with Crippen LogP contribution in [0.15, 0.2) is 34.9 Å². The predicted octanol–water partition coefficient (Wildman–Crippen LogP) is 3.17. The van der Waals surface area contributed by atoms with Crippen molar-refractivity contribution in [2.24, 2.45) is 0 Å². The van der Waals surface area contributed by atoms with Crippen molar-refractivity contribution in [3.8, 4) is 0 Å². The lowest BCUT2D eigenvalue weighted by Gasteiger charge is -2.17. The van der Waals surface area contributed by atoms with Crippen molar-refractivity contribution in [2.45, 2.75) is 20.0 Å². The SMILES string of the molecule is CNc1cc(CN(C)Cc2ccoc2C)ccc1[N+](=O)[O-]. The molecule has 0 atom stereocenters. The van der Waals surface area contributed by atoms with E-state index in [1.165, 1.54) is 6.07 Å². The average Bonchev–Trinajstić information content (AvgIpc) is 2.83. The summed E-state index contributed by atoms with van der Waals surface area (Å²) in [7, 11) is 3.69. The molecule has 0 aliphatic heterocycles. The van der Waals surface area contributed by atoms with Gasteiger partial charge in [0.25, 0.3) is 5.69 Å². The number of nitrogens with zero attached hydrogens (tertiary/aromatic N) is 2. The zero-order chi connectivity index (χ0) is 15.4. The highest BCUT2D eigenvalue weighted by atomic mass is 16.6. The van der Waals surface area contributed by atoms with Crippen LogP contribution in [0, 0.1) is 17.0 Å². The molecule has 2 aromatic rings. The molecule has 0 aliphatic carbocycles. The minimum Gasteiger partial charge on any atom is -0.469 e. The molecule has 2 rings (SSSR count). The van der Waals surface area contributed by atoms with Crippen LogP contribution in [0.3, 0.4) is 0 Å². The minimum atomic E-state index is -0.381. The summed E-state index contributed by atoms with van der Waals surface area (Å²) in [5, 5.41) is 13.8. The van der Waals surface area contributed by atoms with Crippen LogP contribution in [-0.2, 0) is 13.1 Å². The van der Waals surface area contributed by atoms with Crippen LogP contribution in [0.25, 0.3) is 0 Å². The molecule has 0 saturated carbocycles. The molecule has 21 heavy (non-hydrogen) atoms. The van der Waals surface area contributed by atoms with Gasteiger partial charge in [0, 0.05) is 31.8 Å². The van der Waals surface area contributed by atoms with E-state index in [2.05, 4.69) is 10.2 Å². The van der Waals surface area contributed by atoms with Gasteiger partial charge in [-0.2, -0.15) is 0 Å². The smallest absolute Gasteiger partial charge is 0.292 e. The molecule has 1 heterocycles. The molecule has 6 heteroatoms. The first-order valence-corrected chi connectivity index (χ1v) is 6.68. The summed E-state index contributed by atoms with van der Waals surface area (Å²) in [6.45, 7) is 3.42. The number of anilines is 1. The number of hydrogen-bond donors (Lipinski definition) is 1. The third-order valence-electron chi connectivity index (χ3n) is 3.39. The second-order valence-electron chi connectivity index (χ2n) is 5.03. The minimum absolute atomic E-state index is 0.0922. The lowest BCUT2D eigenvalue weighted by atomic mass is 10.1. The van der Waals surface area contributed by atoms with Crippen LogP contribution in [-0.4, -0.2) is 23.9 Å². The molecule has 112 valence electrons. The van der Waals surface area contributed by atoms with Crippen LogP contribution < -0.4 is 5.32 Å². The van der Waals surface area contributed by atoms with E-state index in [-0.39, 0.29) is 10.6 Å². The van der Waals surface area contributed by atoms with Crippen LogP contribution in [0.5, 0.6) is 0 Å². The van der Waals surface area contributed by atoms with Gasteiger partial charge in [-0.1, -0.05) is 6.07 Å². The summed E-state index contributed by atoms with van der Waals surface area (Å²) < 4.78 is 5.28. The van der Waals surface area contributed by atoms with Crippen molar-refractivity contribution in [1.82, 2.24) is 4.90 Å². The molecule has 1 aromatic heterocycles. The summed E-state index contributed by atoms with van der Waals surface area (Å²) >= 11 is 0. The molecule has 0 saturated heterocycles. The molecule has 0 spiro atoms. The van der Waals surface area contributed by atoms with Crippen molar-refractivity contribution >= 4 is 11.4 Å². The monoisotopic (exact) mass is 289 g/mol. The highest BCUT2D eigenvalue weighted by Gasteiger charge is 2.14. The molecule has 1 aromatic carbocycles. The molecule has 1 N–H and O–H groups in total. The van der Waals surface area contributed by atoms with E-state index in [9.17, 15) is 10.1 Å². The Morgan fingerprint density at radius 3 is 2.67 bits per heavy atom. The van der Waals surface area contributed by atoms with Gasteiger partial charge in [-0.25, -0.2) is 0 Å². The van der Waals surface area contributed by atoms with Crippen molar-refractivity contribution in [2.75, 3.05) is 19.4 Å². The number of nitro groups is 1. The van der Waals surface area contributed by atoms with E-state index in [4.69, 9.17) is 4.42 Å². The number of rotatable bonds is 6. The first-order chi connectivity index (χ1) is 10.0. The quantitative estimate of drug-likeness (QED) is 0.653. The molecule has 6 nitrogen and oxygen atoms in total. The van der Waals surface area contributed by atoms with Crippen LogP contribution in [0.4, 0.5) is 11.4 Å². The van der Waals surface area contributed by atoms with Gasteiger partial charge in [0.15, 0.2) is 0 Å². The topological polar surface area (TPSA) is 71.5 Å². The Morgan fingerprint density at radius 2 is 2.10 bits per heavy atom. The Kier molecular flexibility index (Phi) is 4.59. The summed E-state index contributed by atoms with van der Waals surface area (Å²) in [5.74, 6) is 0.918. The molecule has 0 unspecified atom stereocenters. The maximum absolute atomic E-state index is 10.9. The molecule has 0 amide bonds. The summed E-state index contributed by atoms with van der Waals surface area (Å²) in [4.78, 5) is 12.7. The van der Waals surface area contributed by atoms with Gasteiger partial charge in [-0.15, -0.1) is 0 Å². The lowest BCUT2D eigenvalue weighted by molar-refractivity contribution is -0.384. The fourth-order valence-electron chi connectivity index (χ4n) is 2.27. The van der Waals surface area contributed by atoms with E-state index in [1.54, 1.807) is 19.4 Å². The summed E-state index contributed by atoms with van der Waals surface area (Å²) in [5.41, 5.74) is 2.79. The number of benzene rings is 1. The lowest BCUT2D eigenvalue weighted by Crippen LogP contribution is -2.17. The summed E-state index contributed by atoms with van der Waals surface area (Å²) in [6.07, 6.45) is 1.68. The normalized spacial score (nSPS) is 10.9. The molecular formula is C15H19N3O3. The Hall–Kier alpha value is -2.34. The van der Waals surface area contributed by atoms with Gasteiger partial charge < -0.3 is 9.73 Å². The van der Waals surface area contributed by atoms with Crippen LogP contribution >= 0.6 is 0 Å². The Balaban J connectivity index is 2.09. The second kappa shape index (κ2) is 6.41. The number of hydrogen-bond acceptors (Lipinski definition) is 5. The molecule has 0 aliphatic rings. The third-order valence-corrected chi connectivity index (χ3v) is 3.39. The zero-order valence-electron chi connectivity index (χ0n) is 12.4. The Morgan fingerprint density at radius 1 is 1.33 bits per heavy atom. The second-order valence-corrected chi connectivity index (χ2v) is 5.03. The standard InChI is InChI=1S/C15H19N3O3/c1-11-13(6-7-21-11)10-17(3)9-12-4-5-15(18(19)20)14(8-12)16-2/h4-8,16H,9-10H2,1-3H3. The highest BCUT2D eigenvalue weighted by molar-refractivity contribution is 5.62. The summed E-state index contributed by atoms with van der Waals surface area (Å²) in [6, 6.07) is 7.10. The maximum atomic E-state index is 10.9. The first-order valence-electron chi connectivity index (χ1n) is 6.68. The van der Waals surface area contributed by atoms with Crippen LogP contribution in [0.1, 0.15) is 16.9 Å². The van der Waals surface area contributed by atoms with Gasteiger partial charge in [-0.05, 0) is 31.7 Å². The number of furan rings is 1. The largest absolute Gasteiger partial charge is 0.469 e. The molecule has 0 fully saturated rings. The number of nitro benzene ring substituents is 1. The van der Waals surface area contributed by atoms with E-state index >= 15 is 0 Å². The Bertz CT molecular complexity index is 637. The predicted molar refractivity (Wildman–Crippen MR) is 81.3 cm³/mol. The van der Waals surface area contributed by atoms with E-state index in [0.717, 1.165) is 23.4 Å². The fourth-order valence-corrected chi connectivity index (χ4v) is 2.27. The number of nitrogens with one attached hydrogen (secondary N) is 1. The maximum Gasteiger partial charge on any atom is 0.292 e. The van der Waals surface area contributed by atoms with Crippen molar-refractivity contribution < 1.29 is 9.34 Å². The number of aryl methyl sites for hydroxylation is 1. The average molecular weight is 289 g/mol. The molecule has 0 bridgehead atoms. The van der Waals surface area contributed by atoms with E-state index in [0.29, 0.717) is 12.2 Å². The van der Waals surface area contributed by atoms with Gasteiger partial charge >= 0.3 is 0 Å². The van der Waals surface area contributed by atoms with Gasteiger partial charge in [0.2, 0.25) is 0 Å². The van der Waals surface area contributed by atoms with E-state index < -0.39 is 0 Å². The van der Waals surface area contributed by atoms with Crippen molar-refractivity contribution in [1.29, 1.82) is 0 Å². The third kappa shape index (κ3) is 3.61.